The third kappa shape index (κ3) is 5.90. The van der Waals surface area contributed by atoms with Gasteiger partial charge in [0.25, 0.3) is 0 Å². The predicted molar refractivity (Wildman–Crippen MR) is 96.4 cm³/mol. The molecule has 2 aliphatic rings. The summed E-state index contributed by atoms with van der Waals surface area (Å²) in [5.74, 6) is 0.807. The lowest BCUT2D eigenvalue weighted by molar-refractivity contribution is -0.0594. The molecule has 1 aliphatic heterocycles. The Balaban J connectivity index is 1.91. The summed E-state index contributed by atoms with van der Waals surface area (Å²) in [7, 11) is 1.77. The summed E-state index contributed by atoms with van der Waals surface area (Å²) in [6.07, 6.45) is 7.50. The highest BCUT2D eigenvalue weighted by Gasteiger charge is 2.34. The molecular weight excluding hydrogens is 306 g/mol. The van der Waals surface area contributed by atoms with Crippen LogP contribution in [-0.4, -0.2) is 63.2 Å². The first kappa shape index (κ1) is 19.5. The number of rotatable bonds is 8. The van der Waals surface area contributed by atoms with Gasteiger partial charge in [-0.3, -0.25) is 4.99 Å². The molecule has 6 nitrogen and oxygen atoms in total. The Morgan fingerprint density at radius 2 is 1.88 bits per heavy atom. The third-order valence-electron chi connectivity index (χ3n) is 5.43. The van der Waals surface area contributed by atoms with E-state index in [1.165, 1.54) is 25.7 Å². The number of aliphatic imine (C=N–C) groups is 1. The molecule has 1 saturated carbocycles. The van der Waals surface area contributed by atoms with E-state index >= 15 is 0 Å². The summed E-state index contributed by atoms with van der Waals surface area (Å²) < 4.78 is 10.6. The minimum absolute atomic E-state index is 0.286. The summed E-state index contributed by atoms with van der Waals surface area (Å²) >= 11 is 0. The summed E-state index contributed by atoms with van der Waals surface area (Å²) in [5, 5.41) is 17.2. The van der Waals surface area contributed by atoms with Gasteiger partial charge in [0, 0.05) is 59.4 Å². The first-order chi connectivity index (χ1) is 11.6. The van der Waals surface area contributed by atoms with Gasteiger partial charge >= 0.3 is 0 Å². The van der Waals surface area contributed by atoms with E-state index in [0.29, 0.717) is 32.6 Å². The van der Waals surface area contributed by atoms with Crippen LogP contribution in [0.2, 0.25) is 0 Å². The fraction of sp³-hybridized carbons (Fsp3) is 0.944. The minimum Gasteiger partial charge on any atom is -0.388 e. The monoisotopic (exact) mass is 341 g/mol. The molecule has 0 amide bonds. The topological polar surface area (TPSA) is 75.1 Å². The molecule has 1 aliphatic carbocycles. The summed E-state index contributed by atoms with van der Waals surface area (Å²) in [5.41, 5.74) is -0.399. The van der Waals surface area contributed by atoms with Crippen LogP contribution in [0, 0.1) is 5.41 Å². The molecule has 0 bridgehead atoms. The molecule has 6 heteroatoms. The van der Waals surface area contributed by atoms with Crippen molar-refractivity contribution >= 4 is 5.96 Å². The van der Waals surface area contributed by atoms with Crippen molar-refractivity contribution < 1.29 is 14.6 Å². The molecule has 1 heterocycles. The molecule has 140 valence electrons. The molecule has 0 aromatic carbocycles. The molecule has 0 spiro atoms. The zero-order valence-corrected chi connectivity index (χ0v) is 15.4. The van der Waals surface area contributed by atoms with E-state index in [9.17, 15) is 5.11 Å². The van der Waals surface area contributed by atoms with E-state index in [2.05, 4.69) is 17.6 Å². The van der Waals surface area contributed by atoms with Crippen LogP contribution in [0.3, 0.4) is 0 Å². The molecule has 2 fully saturated rings. The van der Waals surface area contributed by atoms with E-state index in [1.54, 1.807) is 7.11 Å². The van der Waals surface area contributed by atoms with Gasteiger partial charge in [0.2, 0.25) is 0 Å². The Labute approximate surface area is 146 Å². The van der Waals surface area contributed by atoms with Gasteiger partial charge in [-0.15, -0.1) is 0 Å². The average molecular weight is 341 g/mol. The zero-order valence-electron chi connectivity index (χ0n) is 15.4. The molecule has 0 unspecified atom stereocenters. The maximum absolute atomic E-state index is 10.6. The highest BCUT2D eigenvalue weighted by atomic mass is 16.5. The van der Waals surface area contributed by atoms with Gasteiger partial charge in [0.15, 0.2) is 5.96 Å². The van der Waals surface area contributed by atoms with Crippen LogP contribution in [0.15, 0.2) is 4.99 Å². The van der Waals surface area contributed by atoms with Gasteiger partial charge in [0.05, 0.1) is 5.60 Å². The van der Waals surface area contributed by atoms with E-state index in [-0.39, 0.29) is 5.41 Å². The predicted octanol–water partition coefficient (Wildman–Crippen LogP) is 1.68. The number of hydrogen-bond donors (Lipinski definition) is 3. The van der Waals surface area contributed by atoms with Gasteiger partial charge in [-0.2, -0.15) is 0 Å². The number of guanidine groups is 1. The summed E-state index contributed by atoms with van der Waals surface area (Å²) in [6, 6.07) is 0. The van der Waals surface area contributed by atoms with Crippen LogP contribution >= 0.6 is 0 Å². The second-order valence-corrected chi connectivity index (χ2v) is 7.34. The molecular formula is C18H35N3O3. The number of nitrogens with one attached hydrogen (secondary N) is 2. The quantitative estimate of drug-likeness (QED) is 0.463. The van der Waals surface area contributed by atoms with E-state index < -0.39 is 5.60 Å². The molecule has 1 saturated heterocycles. The lowest BCUT2D eigenvalue weighted by Gasteiger charge is -2.33. The molecule has 0 atom stereocenters. The number of aliphatic hydroxyl groups is 1. The van der Waals surface area contributed by atoms with Crippen LogP contribution in [0.25, 0.3) is 0 Å². The third-order valence-corrected chi connectivity index (χ3v) is 5.43. The van der Waals surface area contributed by atoms with Crippen LogP contribution < -0.4 is 10.6 Å². The zero-order chi connectivity index (χ0) is 17.3. The van der Waals surface area contributed by atoms with Crippen molar-refractivity contribution in [2.24, 2.45) is 10.4 Å². The lowest BCUT2D eigenvalue weighted by Crippen LogP contribution is -2.49. The molecule has 3 N–H and O–H groups in total. The van der Waals surface area contributed by atoms with Crippen molar-refractivity contribution in [1.29, 1.82) is 0 Å². The Morgan fingerprint density at radius 3 is 2.50 bits per heavy atom. The van der Waals surface area contributed by atoms with Crippen molar-refractivity contribution in [2.75, 3.05) is 46.6 Å². The first-order valence-corrected chi connectivity index (χ1v) is 9.43. The fourth-order valence-electron chi connectivity index (χ4n) is 3.70. The largest absolute Gasteiger partial charge is 0.388 e. The van der Waals surface area contributed by atoms with Crippen molar-refractivity contribution in [3.8, 4) is 0 Å². The molecule has 0 aromatic rings. The second-order valence-electron chi connectivity index (χ2n) is 7.34. The lowest BCUT2D eigenvalue weighted by atomic mass is 9.83. The SMILES string of the molecule is CCNC(=NCC1(CCOC)CCCC1)NCC1(O)CCOCC1. The minimum atomic E-state index is -0.685. The van der Waals surface area contributed by atoms with E-state index in [1.807, 2.05) is 0 Å². The Bertz CT molecular complexity index is 389. The number of methoxy groups -OCH3 is 1. The number of nitrogens with zero attached hydrogens (tertiary/aromatic N) is 1. The van der Waals surface area contributed by atoms with Crippen molar-refractivity contribution in [1.82, 2.24) is 10.6 Å². The highest BCUT2D eigenvalue weighted by molar-refractivity contribution is 5.79. The van der Waals surface area contributed by atoms with Crippen molar-refractivity contribution in [3.63, 3.8) is 0 Å². The Kier molecular flexibility index (Phi) is 7.78. The van der Waals surface area contributed by atoms with E-state index in [0.717, 1.165) is 32.1 Å². The van der Waals surface area contributed by atoms with Gasteiger partial charge in [-0.25, -0.2) is 0 Å². The van der Waals surface area contributed by atoms with Crippen LogP contribution in [0.1, 0.15) is 51.9 Å². The van der Waals surface area contributed by atoms with Crippen LogP contribution in [-0.2, 0) is 9.47 Å². The van der Waals surface area contributed by atoms with Crippen molar-refractivity contribution in [2.45, 2.75) is 57.5 Å². The van der Waals surface area contributed by atoms with Crippen molar-refractivity contribution in [3.05, 3.63) is 0 Å². The highest BCUT2D eigenvalue weighted by Crippen LogP contribution is 2.41. The number of ether oxygens (including phenoxy) is 2. The van der Waals surface area contributed by atoms with Gasteiger partial charge in [-0.1, -0.05) is 12.8 Å². The number of hydrogen-bond acceptors (Lipinski definition) is 4. The maximum Gasteiger partial charge on any atom is 0.191 e. The average Bonchev–Trinajstić information content (AvgIpc) is 3.05. The summed E-state index contributed by atoms with van der Waals surface area (Å²) in [4.78, 5) is 4.83. The Morgan fingerprint density at radius 1 is 1.17 bits per heavy atom. The Hall–Kier alpha value is -0.850. The standard InChI is InChI=1S/C18H35N3O3/c1-3-19-16(21-15-18(22)9-12-24-13-10-18)20-14-17(8-11-23-2)6-4-5-7-17/h22H,3-15H2,1-2H3,(H2,19,20,21). The van der Waals surface area contributed by atoms with Crippen LogP contribution in [0.5, 0.6) is 0 Å². The maximum atomic E-state index is 10.6. The normalized spacial score (nSPS) is 23.2. The first-order valence-electron chi connectivity index (χ1n) is 9.43. The molecule has 0 radical (unpaired) electrons. The van der Waals surface area contributed by atoms with E-state index in [4.69, 9.17) is 14.5 Å². The second kappa shape index (κ2) is 9.59. The molecule has 24 heavy (non-hydrogen) atoms. The van der Waals surface area contributed by atoms with Gasteiger partial charge in [0.1, 0.15) is 0 Å². The molecule has 2 rings (SSSR count). The van der Waals surface area contributed by atoms with Gasteiger partial charge in [-0.05, 0) is 31.6 Å². The summed E-state index contributed by atoms with van der Waals surface area (Å²) in [6.45, 7) is 6.30. The smallest absolute Gasteiger partial charge is 0.191 e. The van der Waals surface area contributed by atoms with Gasteiger partial charge < -0.3 is 25.2 Å². The fourth-order valence-corrected chi connectivity index (χ4v) is 3.70. The molecule has 0 aromatic heterocycles. The van der Waals surface area contributed by atoms with Crippen LogP contribution in [0.4, 0.5) is 0 Å².